The Morgan fingerprint density at radius 2 is 1.46 bits per heavy atom. The van der Waals surface area contributed by atoms with Crippen molar-refractivity contribution in [2.75, 3.05) is 10.6 Å². The fourth-order valence-corrected chi connectivity index (χ4v) is 3.02. The molecular weight excluding hydrogens is 421 g/mol. The molecule has 0 heterocycles. The summed E-state index contributed by atoms with van der Waals surface area (Å²) in [6.45, 7) is 3.63. The summed E-state index contributed by atoms with van der Waals surface area (Å²) in [5.41, 5.74) is 1.31. The van der Waals surface area contributed by atoms with Gasteiger partial charge < -0.3 is 16.0 Å². The van der Waals surface area contributed by atoms with Crippen LogP contribution in [-0.2, 0) is 9.59 Å². The number of carbonyl (C=O) groups is 2. The number of hydrogen-bond donors (Lipinski definition) is 3. The van der Waals surface area contributed by atoms with Gasteiger partial charge in [-0.05, 0) is 30.7 Å². The lowest BCUT2D eigenvalue weighted by atomic mass is 10.1. The lowest BCUT2D eigenvalue weighted by Gasteiger charge is -2.27. The number of halogens is 3. The molecule has 0 unspecified atom stereocenters. The normalized spacial score (nSPS) is 12.3. The zero-order chi connectivity index (χ0) is 21.0. The summed E-state index contributed by atoms with van der Waals surface area (Å²) >= 11 is 18.1. The van der Waals surface area contributed by atoms with E-state index < -0.39 is 9.96 Å². The zero-order valence-corrected chi connectivity index (χ0v) is 18.8. The number of carbonyl (C=O) groups excluding carboxylic acids is 2. The Bertz CT molecular complexity index is 604. The fourth-order valence-electron chi connectivity index (χ4n) is 2.70. The Morgan fingerprint density at radius 3 is 2.00 bits per heavy atom. The molecule has 28 heavy (non-hydrogen) atoms. The molecule has 0 aromatic heterocycles. The SMILES string of the molecule is CCCCCCCCCC(=O)N[C@H](Nc1ccc(NC(C)=O)cc1)C(Cl)(Cl)Cl. The second-order valence-electron chi connectivity index (χ2n) is 6.82. The Kier molecular flexibility index (Phi) is 11.7. The standard InChI is InChI=1S/C20H30Cl3N3O2/c1-3-4-5-6-7-8-9-10-18(28)26-19(20(21,22)23)25-17-13-11-16(12-14-17)24-15(2)27/h11-14,19,25H,3-10H2,1-2H3,(H,24,27)(H,26,28)/t19-/m0/s1. The van der Waals surface area contributed by atoms with E-state index in [4.69, 9.17) is 34.8 Å². The smallest absolute Gasteiger partial charge is 0.228 e. The minimum absolute atomic E-state index is 0.155. The highest BCUT2D eigenvalue weighted by Gasteiger charge is 2.33. The molecule has 0 fully saturated rings. The molecule has 0 spiro atoms. The number of benzene rings is 1. The molecule has 5 nitrogen and oxygen atoms in total. The largest absolute Gasteiger partial charge is 0.362 e. The van der Waals surface area contributed by atoms with Gasteiger partial charge in [-0.2, -0.15) is 0 Å². The van der Waals surface area contributed by atoms with Crippen LogP contribution >= 0.6 is 34.8 Å². The minimum atomic E-state index is -1.72. The maximum absolute atomic E-state index is 12.2. The number of hydrogen-bond acceptors (Lipinski definition) is 3. The highest BCUT2D eigenvalue weighted by atomic mass is 35.6. The second-order valence-corrected chi connectivity index (χ2v) is 9.19. The number of amides is 2. The van der Waals surface area contributed by atoms with Crippen LogP contribution in [0.15, 0.2) is 24.3 Å². The van der Waals surface area contributed by atoms with Crippen LogP contribution in [0.4, 0.5) is 11.4 Å². The van der Waals surface area contributed by atoms with Gasteiger partial charge in [0.2, 0.25) is 15.6 Å². The van der Waals surface area contributed by atoms with E-state index in [-0.39, 0.29) is 11.8 Å². The Labute approximate surface area is 182 Å². The van der Waals surface area contributed by atoms with Gasteiger partial charge in [-0.1, -0.05) is 80.3 Å². The first kappa shape index (κ1) is 24.9. The van der Waals surface area contributed by atoms with Crippen LogP contribution in [0.5, 0.6) is 0 Å². The molecule has 2 amide bonds. The van der Waals surface area contributed by atoms with E-state index in [1.807, 2.05) is 0 Å². The predicted molar refractivity (Wildman–Crippen MR) is 119 cm³/mol. The van der Waals surface area contributed by atoms with Gasteiger partial charge in [-0.25, -0.2) is 0 Å². The average molecular weight is 451 g/mol. The summed E-state index contributed by atoms with van der Waals surface area (Å²) in [5, 5.41) is 8.44. The van der Waals surface area contributed by atoms with Gasteiger partial charge in [0.1, 0.15) is 6.17 Å². The molecular formula is C20H30Cl3N3O2. The Hall–Kier alpha value is -1.17. The molecule has 0 aliphatic rings. The summed E-state index contributed by atoms with van der Waals surface area (Å²) in [4.78, 5) is 23.3. The molecule has 0 aliphatic carbocycles. The highest BCUT2D eigenvalue weighted by molar-refractivity contribution is 6.68. The quantitative estimate of drug-likeness (QED) is 0.207. The molecule has 1 atom stereocenters. The predicted octanol–water partition coefficient (Wildman–Crippen LogP) is 6.01. The van der Waals surface area contributed by atoms with Crippen molar-refractivity contribution in [2.24, 2.45) is 0 Å². The first-order chi connectivity index (χ1) is 13.2. The lowest BCUT2D eigenvalue weighted by Crippen LogP contribution is -2.49. The van der Waals surface area contributed by atoms with Gasteiger partial charge in [0.15, 0.2) is 0 Å². The first-order valence-electron chi connectivity index (χ1n) is 9.72. The van der Waals surface area contributed by atoms with E-state index in [0.717, 1.165) is 19.3 Å². The van der Waals surface area contributed by atoms with Crippen molar-refractivity contribution in [1.29, 1.82) is 0 Å². The third kappa shape index (κ3) is 11.0. The van der Waals surface area contributed by atoms with Gasteiger partial charge in [0.05, 0.1) is 0 Å². The minimum Gasteiger partial charge on any atom is -0.362 e. The van der Waals surface area contributed by atoms with Crippen molar-refractivity contribution < 1.29 is 9.59 Å². The van der Waals surface area contributed by atoms with Crippen molar-refractivity contribution in [3.63, 3.8) is 0 Å². The van der Waals surface area contributed by atoms with E-state index in [1.165, 1.54) is 32.6 Å². The summed E-state index contributed by atoms with van der Waals surface area (Å²) < 4.78 is -1.72. The van der Waals surface area contributed by atoms with Crippen LogP contribution in [0, 0.1) is 0 Å². The molecule has 0 saturated carbocycles. The van der Waals surface area contributed by atoms with Crippen LogP contribution in [0.2, 0.25) is 0 Å². The van der Waals surface area contributed by atoms with Gasteiger partial charge in [-0.15, -0.1) is 0 Å². The van der Waals surface area contributed by atoms with E-state index >= 15 is 0 Å². The van der Waals surface area contributed by atoms with E-state index in [1.54, 1.807) is 24.3 Å². The molecule has 0 saturated heterocycles. The fraction of sp³-hybridized carbons (Fsp3) is 0.600. The van der Waals surface area contributed by atoms with Crippen molar-refractivity contribution in [3.05, 3.63) is 24.3 Å². The van der Waals surface area contributed by atoms with Crippen molar-refractivity contribution in [1.82, 2.24) is 5.32 Å². The van der Waals surface area contributed by atoms with Gasteiger partial charge >= 0.3 is 0 Å². The molecule has 0 bridgehead atoms. The molecule has 0 radical (unpaired) electrons. The molecule has 1 aromatic carbocycles. The first-order valence-corrected chi connectivity index (χ1v) is 10.9. The Balaban J connectivity index is 2.48. The van der Waals surface area contributed by atoms with Crippen LogP contribution < -0.4 is 16.0 Å². The van der Waals surface area contributed by atoms with Crippen molar-refractivity contribution >= 4 is 58.0 Å². The maximum atomic E-state index is 12.2. The van der Waals surface area contributed by atoms with Gasteiger partial charge in [0, 0.05) is 24.7 Å². The molecule has 8 heteroatoms. The number of alkyl halides is 3. The third-order valence-corrected chi connectivity index (χ3v) is 4.81. The second kappa shape index (κ2) is 13.1. The molecule has 158 valence electrons. The number of anilines is 2. The number of nitrogens with one attached hydrogen (secondary N) is 3. The third-order valence-electron chi connectivity index (χ3n) is 4.16. The number of rotatable bonds is 12. The van der Waals surface area contributed by atoms with E-state index in [9.17, 15) is 9.59 Å². The Morgan fingerprint density at radius 1 is 0.929 bits per heavy atom. The van der Waals surface area contributed by atoms with Crippen LogP contribution in [-0.4, -0.2) is 21.8 Å². The van der Waals surface area contributed by atoms with Crippen LogP contribution in [0.25, 0.3) is 0 Å². The van der Waals surface area contributed by atoms with Gasteiger partial charge in [0.25, 0.3) is 0 Å². The summed E-state index contributed by atoms with van der Waals surface area (Å²) in [6.07, 6.45) is 7.45. The topological polar surface area (TPSA) is 70.2 Å². The summed E-state index contributed by atoms with van der Waals surface area (Å²) in [5.74, 6) is -0.315. The van der Waals surface area contributed by atoms with E-state index in [2.05, 4.69) is 22.9 Å². The molecule has 1 rings (SSSR count). The molecule has 3 N–H and O–H groups in total. The summed E-state index contributed by atoms with van der Waals surface area (Å²) in [7, 11) is 0. The zero-order valence-electron chi connectivity index (χ0n) is 16.5. The highest BCUT2D eigenvalue weighted by Crippen LogP contribution is 2.31. The van der Waals surface area contributed by atoms with E-state index in [0.29, 0.717) is 17.8 Å². The van der Waals surface area contributed by atoms with Crippen LogP contribution in [0.1, 0.15) is 65.2 Å². The molecule has 1 aromatic rings. The van der Waals surface area contributed by atoms with Gasteiger partial charge in [-0.3, -0.25) is 9.59 Å². The van der Waals surface area contributed by atoms with Crippen LogP contribution in [0.3, 0.4) is 0 Å². The van der Waals surface area contributed by atoms with Crippen molar-refractivity contribution in [2.45, 2.75) is 75.2 Å². The van der Waals surface area contributed by atoms with Crippen molar-refractivity contribution in [3.8, 4) is 0 Å². The number of unbranched alkanes of at least 4 members (excludes halogenated alkanes) is 6. The summed E-state index contributed by atoms with van der Waals surface area (Å²) in [6, 6.07) is 6.91. The maximum Gasteiger partial charge on any atom is 0.228 e. The monoisotopic (exact) mass is 449 g/mol. The molecule has 0 aliphatic heterocycles. The average Bonchev–Trinajstić information content (AvgIpc) is 2.60. The lowest BCUT2D eigenvalue weighted by molar-refractivity contribution is -0.121.